The van der Waals surface area contributed by atoms with E-state index in [1.54, 1.807) is 37.3 Å². The molecule has 0 unspecified atom stereocenters. The number of nitrogens with two attached hydrogens (primary N) is 1. The Morgan fingerprint density at radius 3 is 2.43 bits per heavy atom. The molecule has 1 rings (SSSR count). The van der Waals surface area contributed by atoms with E-state index in [4.69, 9.17) is 15.2 Å². The molecule has 0 bridgehead atoms. The van der Waals surface area contributed by atoms with Crippen LogP contribution in [0, 0.1) is 5.41 Å². The number of carbonyl (C=O) groups is 1. The number of nitrogens with zero attached hydrogens (tertiary/aromatic N) is 1. The summed E-state index contributed by atoms with van der Waals surface area (Å²) >= 11 is 0. The predicted octanol–water partition coefficient (Wildman–Crippen LogP) is 2.15. The predicted molar refractivity (Wildman–Crippen MR) is 84.0 cm³/mol. The molecule has 0 heterocycles. The van der Waals surface area contributed by atoms with Crippen molar-refractivity contribution in [1.29, 1.82) is 0 Å². The van der Waals surface area contributed by atoms with E-state index < -0.39 is 0 Å². The minimum Gasteiger partial charge on any atom is -0.497 e. The fraction of sp³-hybridized carbons (Fsp3) is 0.562. The third-order valence-electron chi connectivity index (χ3n) is 3.48. The number of methoxy groups -OCH3 is 2. The van der Waals surface area contributed by atoms with E-state index in [9.17, 15) is 4.79 Å². The molecule has 118 valence electrons. The number of amides is 1. The SMILES string of the molecule is CCN(CC(C)(C)CN)C(=O)c1ccc(OC)cc1OC. The molecular formula is C16H26N2O3. The monoisotopic (exact) mass is 294 g/mol. The Bertz CT molecular complexity index is 486. The molecule has 0 radical (unpaired) electrons. The molecule has 0 atom stereocenters. The van der Waals surface area contributed by atoms with Crippen LogP contribution in [-0.2, 0) is 0 Å². The van der Waals surface area contributed by atoms with E-state index in [-0.39, 0.29) is 11.3 Å². The quantitative estimate of drug-likeness (QED) is 0.837. The van der Waals surface area contributed by atoms with Crippen LogP contribution in [0.3, 0.4) is 0 Å². The lowest BCUT2D eigenvalue weighted by Gasteiger charge is -2.31. The molecule has 1 aromatic carbocycles. The molecule has 0 spiro atoms. The molecule has 0 fully saturated rings. The van der Waals surface area contributed by atoms with Gasteiger partial charge in [0, 0.05) is 19.2 Å². The summed E-state index contributed by atoms with van der Waals surface area (Å²) in [5.41, 5.74) is 6.18. The minimum atomic E-state index is -0.120. The van der Waals surface area contributed by atoms with Crippen molar-refractivity contribution in [1.82, 2.24) is 4.90 Å². The van der Waals surface area contributed by atoms with Crippen molar-refractivity contribution in [3.63, 3.8) is 0 Å². The van der Waals surface area contributed by atoms with Gasteiger partial charge in [0.25, 0.3) is 5.91 Å². The van der Waals surface area contributed by atoms with Crippen LogP contribution in [0.4, 0.5) is 0 Å². The van der Waals surface area contributed by atoms with Gasteiger partial charge in [-0.3, -0.25) is 4.79 Å². The van der Waals surface area contributed by atoms with Gasteiger partial charge in [-0.2, -0.15) is 0 Å². The lowest BCUT2D eigenvalue weighted by atomic mass is 9.93. The third-order valence-corrected chi connectivity index (χ3v) is 3.48. The van der Waals surface area contributed by atoms with Crippen LogP contribution in [0.25, 0.3) is 0 Å². The van der Waals surface area contributed by atoms with E-state index >= 15 is 0 Å². The third kappa shape index (κ3) is 4.36. The van der Waals surface area contributed by atoms with Crippen molar-refractivity contribution in [2.75, 3.05) is 33.9 Å². The van der Waals surface area contributed by atoms with Crippen molar-refractivity contribution in [3.8, 4) is 11.5 Å². The molecule has 0 saturated carbocycles. The molecule has 0 saturated heterocycles. The van der Waals surface area contributed by atoms with Crippen molar-refractivity contribution in [2.45, 2.75) is 20.8 Å². The molecule has 0 aromatic heterocycles. The van der Waals surface area contributed by atoms with Gasteiger partial charge < -0.3 is 20.1 Å². The molecule has 5 heteroatoms. The van der Waals surface area contributed by atoms with Gasteiger partial charge in [0.05, 0.1) is 19.8 Å². The molecule has 1 aromatic rings. The number of hydrogen-bond donors (Lipinski definition) is 1. The largest absolute Gasteiger partial charge is 0.497 e. The zero-order valence-electron chi connectivity index (χ0n) is 13.6. The van der Waals surface area contributed by atoms with Crippen LogP contribution in [-0.4, -0.2) is 44.7 Å². The first-order valence-electron chi connectivity index (χ1n) is 7.10. The molecule has 5 nitrogen and oxygen atoms in total. The summed E-state index contributed by atoms with van der Waals surface area (Å²) in [4.78, 5) is 14.5. The summed E-state index contributed by atoms with van der Waals surface area (Å²) in [6.45, 7) is 7.81. The Morgan fingerprint density at radius 1 is 1.29 bits per heavy atom. The van der Waals surface area contributed by atoms with Gasteiger partial charge in [-0.15, -0.1) is 0 Å². The van der Waals surface area contributed by atoms with E-state index in [0.717, 1.165) is 0 Å². The standard InChI is InChI=1S/C16H26N2O3/c1-6-18(11-16(2,3)10-17)15(19)13-8-7-12(20-4)9-14(13)21-5/h7-9H,6,10-11,17H2,1-5H3. The molecule has 2 N–H and O–H groups in total. The molecule has 1 amide bonds. The van der Waals surface area contributed by atoms with E-state index in [1.165, 1.54) is 0 Å². The average Bonchev–Trinajstić information content (AvgIpc) is 2.51. The summed E-state index contributed by atoms with van der Waals surface area (Å²) in [7, 11) is 3.13. The Balaban J connectivity index is 3.05. The summed E-state index contributed by atoms with van der Waals surface area (Å²) < 4.78 is 10.5. The lowest BCUT2D eigenvalue weighted by Crippen LogP contribution is -2.42. The van der Waals surface area contributed by atoms with E-state index in [1.807, 2.05) is 20.8 Å². The maximum Gasteiger partial charge on any atom is 0.257 e. The average molecular weight is 294 g/mol. The van der Waals surface area contributed by atoms with E-state index in [0.29, 0.717) is 36.7 Å². The van der Waals surface area contributed by atoms with Crippen molar-refractivity contribution < 1.29 is 14.3 Å². The molecule has 21 heavy (non-hydrogen) atoms. The highest BCUT2D eigenvalue weighted by Gasteiger charge is 2.25. The normalized spacial score (nSPS) is 11.1. The van der Waals surface area contributed by atoms with Gasteiger partial charge in [0.15, 0.2) is 0 Å². The second-order valence-electron chi connectivity index (χ2n) is 5.75. The van der Waals surface area contributed by atoms with Gasteiger partial charge >= 0.3 is 0 Å². The zero-order chi connectivity index (χ0) is 16.0. The van der Waals surface area contributed by atoms with Gasteiger partial charge in [-0.25, -0.2) is 0 Å². The first-order valence-corrected chi connectivity index (χ1v) is 7.10. The highest BCUT2D eigenvalue weighted by molar-refractivity contribution is 5.97. The Kier molecular flexibility index (Phi) is 6.03. The first-order chi connectivity index (χ1) is 9.88. The number of benzene rings is 1. The maximum absolute atomic E-state index is 12.7. The van der Waals surface area contributed by atoms with Crippen LogP contribution in [0.2, 0.25) is 0 Å². The molecular weight excluding hydrogens is 268 g/mol. The Hall–Kier alpha value is -1.75. The maximum atomic E-state index is 12.7. The molecule has 0 aliphatic heterocycles. The summed E-state index contributed by atoms with van der Waals surface area (Å²) in [5, 5.41) is 0. The lowest BCUT2D eigenvalue weighted by molar-refractivity contribution is 0.0697. The topological polar surface area (TPSA) is 64.8 Å². The second-order valence-corrected chi connectivity index (χ2v) is 5.75. The summed E-state index contributed by atoms with van der Waals surface area (Å²) in [5.74, 6) is 1.12. The number of carbonyl (C=O) groups excluding carboxylic acids is 1. The Labute approximate surface area is 127 Å². The highest BCUT2D eigenvalue weighted by atomic mass is 16.5. The van der Waals surface area contributed by atoms with Crippen LogP contribution in [0.15, 0.2) is 18.2 Å². The summed E-state index contributed by atoms with van der Waals surface area (Å²) in [6.07, 6.45) is 0. The Morgan fingerprint density at radius 2 is 1.95 bits per heavy atom. The molecule has 0 aliphatic rings. The smallest absolute Gasteiger partial charge is 0.257 e. The van der Waals surface area contributed by atoms with Crippen LogP contribution in [0.5, 0.6) is 11.5 Å². The number of hydrogen-bond acceptors (Lipinski definition) is 4. The van der Waals surface area contributed by atoms with Gasteiger partial charge in [0.2, 0.25) is 0 Å². The van der Waals surface area contributed by atoms with E-state index in [2.05, 4.69) is 0 Å². The van der Waals surface area contributed by atoms with Crippen LogP contribution in [0.1, 0.15) is 31.1 Å². The fourth-order valence-corrected chi connectivity index (χ4v) is 2.05. The first kappa shape index (κ1) is 17.3. The van der Waals surface area contributed by atoms with Crippen molar-refractivity contribution in [3.05, 3.63) is 23.8 Å². The van der Waals surface area contributed by atoms with Gasteiger partial charge in [0.1, 0.15) is 11.5 Å². The number of ether oxygens (including phenoxy) is 2. The fourth-order valence-electron chi connectivity index (χ4n) is 2.05. The number of rotatable bonds is 7. The second kappa shape index (κ2) is 7.31. The summed E-state index contributed by atoms with van der Waals surface area (Å²) in [6, 6.07) is 5.21. The van der Waals surface area contributed by atoms with Crippen molar-refractivity contribution >= 4 is 5.91 Å². The van der Waals surface area contributed by atoms with Gasteiger partial charge in [-0.1, -0.05) is 13.8 Å². The highest BCUT2D eigenvalue weighted by Crippen LogP contribution is 2.26. The van der Waals surface area contributed by atoms with Crippen molar-refractivity contribution in [2.24, 2.45) is 11.1 Å². The molecule has 0 aliphatic carbocycles. The minimum absolute atomic E-state index is 0.0569. The van der Waals surface area contributed by atoms with Crippen LogP contribution >= 0.6 is 0 Å². The zero-order valence-corrected chi connectivity index (χ0v) is 13.6. The van der Waals surface area contributed by atoms with Crippen LogP contribution < -0.4 is 15.2 Å². The van der Waals surface area contributed by atoms with Gasteiger partial charge in [-0.05, 0) is 31.0 Å².